The summed E-state index contributed by atoms with van der Waals surface area (Å²) < 4.78 is 0. The predicted octanol–water partition coefficient (Wildman–Crippen LogP) is 5.71. The third kappa shape index (κ3) is 7.28. The third-order valence-corrected chi connectivity index (χ3v) is 3.47. The zero-order valence-electron chi connectivity index (χ0n) is 15.5. The highest BCUT2D eigenvalue weighted by molar-refractivity contribution is 5.33. The van der Waals surface area contributed by atoms with E-state index in [4.69, 9.17) is 5.73 Å². The van der Waals surface area contributed by atoms with E-state index in [1.807, 2.05) is 0 Å². The molecule has 0 saturated heterocycles. The van der Waals surface area contributed by atoms with E-state index in [0.29, 0.717) is 5.41 Å². The van der Waals surface area contributed by atoms with Crippen LogP contribution in [0.15, 0.2) is 23.3 Å². The van der Waals surface area contributed by atoms with Gasteiger partial charge in [-0.3, -0.25) is 0 Å². The molecule has 0 aromatic carbocycles. The summed E-state index contributed by atoms with van der Waals surface area (Å²) in [5.74, 6) is 0. The molecule has 2 N–H and O–H groups in total. The van der Waals surface area contributed by atoms with E-state index in [1.165, 1.54) is 11.1 Å². The van der Waals surface area contributed by atoms with Crippen molar-refractivity contribution in [2.45, 2.75) is 81.7 Å². The number of nitrogens with two attached hydrogens (primary N) is 1. The van der Waals surface area contributed by atoms with Gasteiger partial charge in [0.25, 0.3) is 0 Å². The molecule has 0 spiro atoms. The summed E-state index contributed by atoms with van der Waals surface area (Å²) in [5, 5.41) is 0. The average molecular weight is 280 g/mol. The summed E-state index contributed by atoms with van der Waals surface area (Å²) in [6, 6.07) is 0.0930. The topological polar surface area (TPSA) is 26.0 Å². The van der Waals surface area contributed by atoms with Crippen molar-refractivity contribution in [2.75, 3.05) is 0 Å². The van der Waals surface area contributed by atoms with E-state index >= 15 is 0 Å². The smallest absolute Gasteiger partial charge is 0.0233 e. The van der Waals surface area contributed by atoms with Gasteiger partial charge in [0.1, 0.15) is 0 Å². The molecule has 0 bridgehead atoms. The van der Waals surface area contributed by atoms with Gasteiger partial charge < -0.3 is 5.73 Å². The van der Waals surface area contributed by atoms with Gasteiger partial charge in [0.2, 0.25) is 0 Å². The second kappa shape index (κ2) is 6.47. The lowest BCUT2D eigenvalue weighted by Gasteiger charge is -2.30. The van der Waals surface area contributed by atoms with Gasteiger partial charge in [-0.25, -0.2) is 0 Å². The maximum atomic E-state index is 6.20. The maximum Gasteiger partial charge on any atom is 0.0233 e. The summed E-state index contributed by atoms with van der Waals surface area (Å²) >= 11 is 0. The van der Waals surface area contributed by atoms with Gasteiger partial charge in [0.05, 0.1) is 0 Å². The highest BCUT2D eigenvalue weighted by atomic mass is 14.6. The van der Waals surface area contributed by atoms with Crippen molar-refractivity contribution in [2.24, 2.45) is 22.0 Å². The quantitative estimate of drug-likeness (QED) is 0.657. The van der Waals surface area contributed by atoms with Gasteiger partial charge in [0.15, 0.2) is 0 Å². The minimum Gasteiger partial charge on any atom is -0.324 e. The molecule has 1 unspecified atom stereocenters. The van der Waals surface area contributed by atoms with Crippen LogP contribution in [0.3, 0.4) is 0 Å². The van der Waals surface area contributed by atoms with Crippen LogP contribution in [0.1, 0.15) is 75.7 Å². The Morgan fingerprint density at radius 1 is 0.900 bits per heavy atom. The van der Waals surface area contributed by atoms with E-state index in [9.17, 15) is 0 Å². The standard InChI is InChI=1S/C19H37N/c1-14(20)16(19(8,9)10)13-15(18(5,6)7)11-12-17(2,3)4/h11,13-14H,12,20H2,1-10H3/b15-11+,16-13+. The van der Waals surface area contributed by atoms with Crippen LogP contribution in [0.2, 0.25) is 0 Å². The zero-order chi connectivity index (χ0) is 16.4. The fourth-order valence-corrected chi connectivity index (χ4v) is 2.20. The first-order valence-electron chi connectivity index (χ1n) is 7.83. The summed E-state index contributed by atoms with van der Waals surface area (Å²) in [4.78, 5) is 0. The molecule has 0 fully saturated rings. The molecule has 0 aliphatic rings. The maximum absolute atomic E-state index is 6.20. The normalized spacial score (nSPS) is 17.4. The van der Waals surface area contributed by atoms with E-state index in [1.54, 1.807) is 0 Å². The molecule has 1 heteroatoms. The van der Waals surface area contributed by atoms with Crippen LogP contribution in [-0.4, -0.2) is 6.04 Å². The molecule has 1 nitrogen and oxygen atoms in total. The SMILES string of the molecule is CC(N)/C(=C\C(=C/CC(C)(C)C)C(C)(C)C)C(C)(C)C. The van der Waals surface area contributed by atoms with E-state index in [-0.39, 0.29) is 16.9 Å². The fraction of sp³-hybridized carbons (Fsp3) is 0.789. The van der Waals surface area contributed by atoms with Gasteiger partial charge in [-0.2, -0.15) is 0 Å². The Kier molecular flexibility index (Phi) is 6.29. The first-order chi connectivity index (χ1) is 8.64. The Bertz CT molecular complexity index is 362. The van der Waals surface area contributed by atoms with Crippen LogP contribution in [-0.2, 0) is 0 Å². The Morgan fingerprint density at radius 2 is 1.35 bits per heavy atom. The van der Waals surface area contributed by atoms with E-state index in [0.717, 1.165) is 6.42 Å². The van der Waals surface area contributed by atoms with Crippen molar-refractivity contribution in [3.63, 3.8) is 0 Å². The average Bonchev–Trinajstić information content (AvgIpc) is 2.10. The second-order valence-electron chi connectivity index (χ2n) is 9.31. The molecule has 0 aliphatic carbocycles. The number of hydrogen-bond acceptors (Lipinski definition) is 1. The van der Waals surface area contributed by atoms with Crippen LogP contribution in [0.5, 0.6) is 0 Å². The molecule has 0 amide bonds. The van der Waals surface area contributed by atoms with Crippen molar-refractivity contribution < 1.29 is 0 Å². The minimum absolute atomic E-state index is 0.0930. The molecule has 0 rings (SSSR count). The summed E-state index contributed by atoms with van der Waals surface area (Å²) in [5.41, 5.74) is 9.51. The molecular formula is C19H37N. The molecule has 0 aromatic rings. The largest absolute Gasteiger partial charge is 0.324 e. The molecule has 20 heavy (non-hydrogen) atoms. The van der Waals surface area contributed by atoms with Crippen LogP contribution < -0.4 is 5.73 Å². The lowest BCUT2D eigenvalue weighted by Crippen LogP contribution is -2.28. The predicted molar refractivity (Wildman–Crippen MR) is 92.8 cm³/mol. The van der Waals surface area contributed by atoms with Crippen LogP contribution in [0, 0.1) is 16.2 Å². The van der Waals surface area contributed by atoms with Gasteiger partial charge >= 0.3 is 0 Å². The Balaban J connectivity index is 5.68. The lowest BCUT2D eigenvalue weighted by molar-refractivity contribution is 0.413. The minimum atomic E-state index is 0.0930. The van der Waals surface area contributed by atoms with Gasteiger partial charge in [0, 0.05) is 6.04 Å². The van der Waals surface area contributed by atoms with E-state index < -0.39 is 0 Å². The van der Waals surface area contributed by atoms with E-state index in [2.05, 4.69) is 81.4 Å². The highest BCUT2D eigenvalue weighted by Gasteiger charge is 2.24. The van der Waals surface area contributed by atoms with Gasteiger partial charge in [-0.05, 0) is 40.7 Å². The van der Waals surface area contributed by atoms with Gasteiger partial charge in [-0.15, -0.1) is 0 Å². The summed E-state index contributed by atoms with van der Waals surface area (Å²) in [6.07, 6.45) is 5.83. The van der Waals surface area contributed by atoms with Crippen LogP contribution in [0.25, 0.3) is 0 Å². The first-order valence-corrected chi connectivity index (χ1v) is 7.83. The van der Waals surface area contributed by atoms with Crippen LogP contribution in [0.4, 0.5) is 0 Å². The second-order valence-corrected chi connectivity index (χ2v) is 9.31. The lowest BCUT2D eigenvalue weighted by atomic mass is 9.77. The first kappa shape index (κ1) is 19.4. The van der Waals surface area contributed by atoms with Crippen molar-refractivity contribution in [3.05, 3.63) is 23.3 Å². The van der Waals surface area contributed by atoms with Gasteiger partial charge in [-0.1, -0.05) is 74.5 Å². The highest BCUT2D eigenvalue weighted by Crippen LogP contribution is 2.35. The Labute approximate surface area is 127 Å². The molecule has 118 valence electrons. The monoisotopic (exact) mass is 279 g/mol. The Hall–Kier alpha value is -0.560. The molecule has 0 radical (unpaired) electrons. The molecular weight excluding hydrogens is 242 g/mol. The molecule has 0 aromatic heterocycles. The number of hydrogen-bond donors (Lipinski definition) is 1. The molecule has 0 aliphatic heterocycles. The molecule has 0 heterocycles. The van der Waals surface area contributed by atoms with Crippen LogP contribution >= 0.6 is 0 Å². The van der Waals surface area contributed by atoms with Crippen molar-refractivity contribution in [3.8, 4) is 0 Å². The summed E-state index contributed by atoms with van der Waals surface area (Å²) in [7, 11) is 0. The zero-order valence-corrected chi connectivity index (χ0v) is 15.5. The van der Waals surface area contributed by atoms with Crippen molar-refractivity contribution in [1.82, 2.24) is 0 Å². The Morgan fingerprint density at radius 3 is 1.60 bits per heavy atom. The fourth-order valence-electron chi connectivity index (χ4n) is 2.20. The summed E-state index contributed by atoms with van der Waals surface area (Å²) in [6.45, 7) is 22.5. The van der Waals surface area contributed by atoms with Crippen molar-refractivity contribution in [1.29, 1.82) is 0 Å². The molecule has 1 atom stereocenters. The number of allylic oxidation sites excluding steroid dienone is 3. The number of rotatable bonds is 3. The van der Waals surface area contributed by atoms with Crippen molar-refractivity contribution >= 4 is 0 Å². The third-order valence-electron chi connectivity index (χ3n) is 3.47. The molecule has 0 saturated carbocycles.